The van der Waals surface area contributed by atoms with Crippen molar-refractivity contribution in [3.63, 3.8) is 0 Å². The summed E-state index contributed by atoms with van der Waals surface area (Å²) in [7, 11) is 0. The van der Waals surface area contributed by atoms with Crippen molar-refractivity contribution in [1.82, 2.24) is 4.98 Å². The van der Waals surface area contributed by atoms with Gasteiger partial charge in [-0.3, -0.25) is 9.59 Å². The van der Waals surface area contributed by atoms with Gasteiger partial charge in [-0.15, -0.1) is 0 Å². The third-order valence-corrected chi connectivity index (χ3v) is 6.30. The van der Waals surface area contributed by atoms with Crippen LogP contribution < -0.4 is 5.56 Å². The Morgan fingerprint density at radius 1 is 0.944 bits per heavy atom. The minimum atomic E-state index is -0.449. The van der Waals surface area contributed by atoms with Gasteiger partial charge in [-0.1, -0.05) is 84.9 Å². The molecule has 0 fully saturated rings. The zero-order valence-electron chi connectivity index (χ0n) is 19.2. The largest absolute Gasteiger partial charge is 0.321 e. The van der Waals surface area contributed by atoms with E-state index >= 15 is 0 Å². The van der Waals surface area contributed by atoms with Crippen LogP contribution in [0.2, 0.25) is 5.02 Å². The average Bonchev–Trinajstić information content (AvgIpc) is 2.89. The van der Waals surface area contributed by atoms with Crippen molar-refractivity contribution < 1.29 is 4.79 Å². The molecule has 5 heteroatoms. The van der Waals surface area contributed by atoms with E-state index in [4.69, 9.17) is 17.0 Å². The van der Waals surface area contributed by atoms with Gasteiger partial charge in [-0.25, -0.2) is 0 Å². The molecular weight excluding hydrogens is 468 g/mol. The maximum absolute atomic E-state index is 13.4. The Kier molecular flexibility index (Phi) is 6.19. The number of carbonyl (C=O) groups excluding carboxylic acids is 1. The van der Waals surface area contributed by atoms with Crippen LogP contribution >= 0.6 is 11.6 Å². The SMILES string of the molecule is C=C1C=C(c2ccc(/C=C/C(=O)c3c(-c4ccccc4)c4cc(Cl)ccc4[nH]c3=O)cc2)C=CC1=N. The van der Waals surface area contributed by atoms with Gasteiger partial charge in [0.05, 0.1) is 11.3 Å². The fourth-order valence-corrected chi connectivity index (χ4v) is 4.39. The number of halogens is 1. The van der Waals surface area contributed by atoms with Gasteiger partial charge in [0, 0.05) is 21.5 Å². The molecular formula is C31H21ClN2O2. The lowest BCUT2D eigenvalue weighted by Gasteiger charge is -2.12. The van der Waals surface area contributed by atoms with E-state index in [0.29, 0.717) is 32.8 Å². The Labute approximate surface area is 213 Å². The molecule has 1 heterocycles. The topological polar surface area (TPSA) is 73.8 Å². The monoisotopic (exact) mass is 488 g/mol. The van der Waals surface area contributed by atoms with E-state index < -0.39 is 11.3 Å². The van der Waals surface area contributed by atoms with Crippen molar-refractivity contribution in [2.45, 2.75) is 0 Å². The lowest BCUT2D eigenvalue weighted by atomic mass is 9.93. The quantitative estimate of drug-likeness (QED) is 0.229. The first kappa shape index (κ1) is 23.2. The molecule has 1 aromatic heterocycles. The van der Waals surface area contributed by atoms with Crippen LogP contribution in [-0.4, -0.2) is 16.5 Å². The highest BCUT2D eigenvalue weighted by Gasteiger charge is 2.19. The first-order valence-electron chi connectivity index (χ1n) is 11.3. The fourth-order valence-electron chi connectivity index (χ4n) is 4.22. The zero-order valence-corrected chi connectivity index (χ0v) is 20.0. The van der Waals surface area contributed by atoms with Crippen LogP contribution in [-0.2, 0) is 0 Å². The molecule has 4 nitrogen and oxygen atoms in total. The number of ketones is 1. The molecule has 0 aliphatic heterocycles. The summed E-state index contributed by atoms with van der Waals surface area (Å²) in [4.78, 5) is 29.2. The van der Waals surface area contributed by atoms with E-state index in [1.165, 1.54) is 6.08 Å². The summed E-state index contributed by atoms with van der Waals surface area (Å²) in [6, 6.07) is 22.3. The molecule has 5 rings (SSSR count). The summed E-state index contributed by atoms with van der Waals surface area (Å²) in [6.07, 6.45) is 8.60. The van der Waals surface area contributed by atoms with E-state index in [2.05, 4.69) is 11.6 Å². The number of fused-ring (bicyclic) bond motifs is 1. The summed E-state index contributed by atoms with van der Waals surface area (Å²) in [5.41, 5.74) is 5.40. The Hall–Kier alpha value is -4.54. The first-order valence-corrected chi connectivity index (χ1v) is 11.7. The molecule has 1 aliphatic rings. The molecule has 0 spiro atoms. The van der Waals surface area contributed by atoms with Crippen molar-refractivity contribution in [3.8, 4) is 11.1 Å². The Balaban J connectivity index is 1.51. The minimum Gasteiger partial charge on any atom is -0.321 e. The van der Waals surface area contributed by atoms with E-state index in [-0.39, 0.29) is 5.56 Å². The van der Waals surface area contributed by atoms with E-state index in [9.17, 15) is 9.59 Å². The van der Waals surface area contributed by atoms with Crippen LogP contribution in [0.4, 0.5) is 0 Å². The second kappa shape index (κ2) is 9.61. The number of allylic oxidation sites excluding steroid dienone is 6. The molecule has 174 valence electrons. The fraction of sp³-hybridized carbons (Fsp3) is 0. The second-order valence-corrected chi connectivity index (χ2v) is 8.89. The van der Waals surface area contributed by atoms with Crippen LogP contribution in [0.15, 0.2) is 114 Å². The number of hydrogen-bond acceptors (Lipinski definition) is 3. The molecule has 0 saturated carbocycles. The van der Waals surface area contributed by atoms with Gasteiger partial charge in [0.2, 0.25) is 0 Å². The lowest BCUT2D eigenvalue weighted by Crippen LogP contribution is -2.18. The van der Waals surface area contributed by atoms with Crippen LogP contribution in [0.5, 0.6) is 0 Å². The van der Waals surface area contributed by atoms with Crippen molar-refractivity contribution in [3.05, 3.63) is 141 Å². The number of pyridine rings is 1. The summed E-state index contributed by atoms with van der Waals surface area (Å²) in [5.74, 6) is -0.395. The molecule has 36 heavy (non-hydrogen) atoms. The highest BCUT2D eigenvalue weighted by molar-refractivity contribution is 6.31. The molecule has 0 radical (unpaired) electrons. The van der Waals surface area contributed by atoms with Gasteiger partial charge in [0.15, 0.2) is 5.78 Å². The third kappa shape index (κ3) is 4.54. The normalized spacial score (nSPS) is 13.4. The van der Waals surface area contributed by atoms with Crippen LogP contribution in [0, 0.1) is 5.41 Å². The molecule has 2 N–H and O–H groups in total. The number of nitrogens with one attached hydrogen (secondary N) is 2. The number of rotatable bonds is 5. The summed E-state index contributed by atoms with van der Waals surface area (Å²) < 4.78 is 0. The second-order valence-electron chi connectivity index (χ2n) is 8.45. The number of hydrogen-bond donors (Lipinski definition) is 2. The smallest absolute Gasteiger partial charge is 0.260 e. The highest BCUT2D eigenvalue weighted by atomic mass is 35.5. The van der Waals surface area contributed by atoms with Gasteiger partial charge < -0.3 is 10.4 Å². The molecule has 0 bridgehead atoms. The number of aromatic nitrogens is 1. The van der Waals surface area contributed by atoms with Gasteiger partial charge in [-0.05, 0) is 64.3 Å². The molecule has 4 aromatic rings. The molecule has 0 atom stereocenters. The standard InChI is InChI=1S/C31H21ClN2O2/c1-19-17-23(12-14-26(19)33)21-10-7-20(8-11-21)9-16-28(35)30-29(22-5-3-2-4-6-22)25-18-24(32)13-15-27(25)34-31(30)36/h2-18,33H,1H2,(H,34,36)/b16-9+,33-26?. The molecule has 1 aliphatic carbocycles. The lowest BCUT2D eigenvalue weighted by molar-refractivity contribution is 0.104. The Bertz CT molecular complexity index is 1690. The van der Waals surface area contributed by atoms with Gasteiger partial charge >= 0.3 is 0 Å². The van der Waals surface area contributed by atoms with Crippen LogP contribution in [0.1, 0.15) is 21.5 Å². The van der Waals surface area contributed by atoms with Crippen LogP contribution in [0.3, 0.4) is 0 Å². The van der Waals surface area contributed by atoms with Gasteiger partial charge in [0.25, 0.3) is 5.56 Å². The highest BCUT2D eigenvalue weighted by Crippen LogP contribution is 2.32. The van der Waals surface area contributed by atoms with Crippen LogP contribution in [0.25, 0.3) is 33.7 Å². The third-order valence-electron chi connectivity index (χ3n) is 6.06. The minimum absolute atomic E-state index is 0.0716. The van der Waals surface area contributed by atoms with Crippen molar-refractivity contribution in [1.29, 1.82) is 5.41 Å². The van der Waals surface area contributed by atoms with E-state index in [0.717, 1.165) is 22.3 Å². The average molecular weight is 489 g/mol. The number of benzene rings is 3. The predicted molar refractivity (Wildman–Crippen MR) is 149 cm³/mol. The van der Waals surface area contributed by atoms with Crippen molar-refractivity contribution in [2.75, 3.05) is 0 Å². The Morgan fingerprint density at radius 2 is 1.69 bits per heavy atom. The van der Waals surface area contributed by atoms with Crippen molar-refractivity contribution in [2.24, 2.45) is 0 Å². The van der Waals surface area contributed by atoms with E-state index in [1.807, 2.05) is 66.7 Å². The maximum atomic E-state index is 13.4. The van der Waals surface area contributed by atoms with Gasteiger partial charge in [-0.2, -0.15) is 0 Å². The predicted octanol–water partition coefficient (Wildman–Crippen LogP) is 7.27. The molecule has 3 aromatic carbocycles. The zero-order chi connectivity index (χ0) is 25.2. The number of aromatic amines is 1. The number of carbonyl (C=O) groups is 1. The summed E-state index contributed by atoms with van der Waals surface area (Å²) >= 11 is 6.26. The summed E-state index contributed by atoms with van der Waals surface area (Å²) in [6.45, 7) is 3.89. The Morgan fingerprint density at radius 3 is 2.42 bits per heavy atom. The molecule has 0 saturated heterocycles. The molecule has 0 unspecified atom stereocenters. The molecule has 0 amide bonds. The summed E-state index contributed by atoms with van der Waals surface area (Å²) in [5, 5.41) is 9.01. The van der Waals surface area contributed by atoms with Gasteiger partial charge in [0.1, 0.15) is 0 Å². The maximum Gasteiger partial charge on any atom is 0.260 e. The van der Waals surface area contributed by atoms with E-state index in [1.54, 1.807) is 30.4 Å². The van der Waals surface area contributed by atoms with Crippen molar-refractivity contribution >= 4 is 45.6 Å². The number of H-pyrrole nitrogens is 1. The first-order chi connectivity index (χ1) is 17.4.